The van der Waals surface area contributed by atoms with Crippen molar-refractivity contribution in [3.8, 4) is 11.1 Å². The molecule has 2 nitrogen and oxygen atoms in total. The van der Waals surface area contributed by atoms with E-state index in [1.54, 1.807) is 12.4 Å². The number of pyridine rings is 1. The minimum Gasteiger partial charge on any atom is -0.265 e. The number of rotatable bonds is 3. The molecule has 0 atom stereocenters. The predicted molar refractivity (Wildman–Crippen MR) is 62.4 cm³/mol. The standard InChI is InChI=1S/C12H11ClN2/c13-15-9-10-2-1-3-12(8-10)11-4-6-14-7-5-11/h1-8,15H,9H2. The monoisotopic (exact) mass is 218 g/mol. The lowest BCUT2D eigenvalue weighted by Crippen LogP contribution is -1.97. The minimum atomic E-state index is 0.667. The molecule has 1 aromatic heterocycles. The van der Waals surface area contributed by atoms with E-state index in [9.17, 15) is 0 Å². The number of benzene rings is 1. The second-order valence-electron chi connectivity index (χ2n) is 3.25. The van der Waals surface area contributed by atoms with Gasteiger partial charge in [-0.15, -0.1) is 0 Å². The summed E-state index contributed by atoms with van der Waals surface area (Å²) < 4.78 is 0. The highest BCUT2D eigenvalue weighted by atomic mass is 35.5. The molecule has 2 rings (SSSR count). The highest BCUT2D eigenvalue weighted by Gasteiger charge is 1.97. The molecule has 0 fully saturated rings. The van der Waals surface area contributed by atoms with Gasteiger partial charge in [0.1, 0.15) is 0 Å². The van der Waals surface area contributed by atoms with Crippen LogP contribution in [-0.4, -0.2) is 4.98 Å². The van der Waals surface area contributed by atoms with Crippen molar-refractivity contribution in [3.63, 3.8) is 0 Å². The van der Waals surface area contributed by atoms with Gasteiger partial charge in [0.2, 0.25) is 0 Å². The van der Waals surface area contributed by atoms with Gasteiger partial charge < -0.3 is 0 Å². The van der Waals surface area contributed by atoms with Crippen LogP contribution in [0.3, 0.4) is 0 Å². The third-order valence-corrected chi connectivity index (χ3v) is 2.35. The van der Waals surface area contributed by atoms with Crippen molar-refractivity contribution in [1.82, 2.24) is 9.82 Å². The van der Waals surface area contributed by atoms with Crippen LogP contribution in [0.4, 0.5) is 0 Å². The first-order chi connectivity index (χ1) is 7.40. The fraction of sp³-hybridized carbons (Fsp3) is 0.0833. The van der Waals surface area contributed by atoms with Gasteiger partial charge in [-0.1, -0.05) is 18.2 Å². The summed E-state index contributed by atoms with van der Waals surface area (Å²) in [6, 6.07) is 12.2. The maximum Gasteiger partial charge on any atom is 0.0359 e. The summed E-state index contributed by atoms with van der Waals surface area (Å²) in [7, 11) is 0. The van der Waals surface area contributed by atoms with E-state index in [4.69, 9.17) is 11.8 Å². The van der Waals surface area contributed by atoms with Crippen LogP contribution in [0.2, 0.25) is 0 Å². The molecule has 0 aliphatic rings. The van der Waals surface area contributed by atoms with Gasteiger partial charge >= 0.3 is 0 Å². The molecule has 0 unspecified atom stereocenters. The minimum absolute atomic E-state index is 0.667. The quantitative estimate of drug-likeness (QED) is 0.802. The number of nitrogens with one attached hydrogen (secondary N) is 1. The maximum atomic E-state index is 5.47. The molecule has 1 aromatic carbocycles. The van der Waals surface area contributed by atoms with Crippen molar-refractivity contribution in [2.75, 3.05) is 0 Å². The Morgan fingerprint density at radius 2 is 1.87 bits per heavy atom. The van der Waals surface area contributed by atoms with E-state index < -0.39 is 0 Å². The van der Waals surface area contributed by atoms with Crippen LogP contribution < -0.4 is 4.84 Å². The molecule has 15 heavy (non-hydrogen) atoms. The molecule has 0 saturated heterocycles. The van der Waals surface area contributed by atoms with Gasteiger partial charge in [0.15, 0.2) is 0 Å². The van der Waals surface area contributed by atoms with Crippen molar-refractivity contribution >= 4 is 11.8 Å². The van der Waals surface area contributed by atoms with Gasteiger partial charge in [-0.05, 0) is 46.7 Å². The Balaban J connectivity index is 2.33. The Labute approximate surface area is 94.0 Å². The van der Waals surface area contributed by atoms with Gasteiger partial charge in [-0.25, -0.2) is 4.84 Å². The zero-order chi connectivity index (χ0) is 10.5. The van der Waals surface area contributed by atoms with E-state index in [2.05, 4.69) is 22.0 Å². The third kappa shape index (κ3) is 2.55. The number of hydrogen-bond donors (Lipinski definition) is 1. The van der Waals surface area contributed by atoms with Crippen molar-refractivity contribution < 1.29 is 0 Å². The number of aromatic nitrogens is 1. The molecule has 2 aromatic rings. The zero-order valence-electron chi connectivity index (χ0n) is 8.15. The van der Waals surface area contributed by atoms with Gasteiger partial charge in [0.25, 0.3) is 0 Å². The predicted octanol–water partition coefficient (Wildman–Crippen LogP) is 2.99. The smallest absolute Gasteiger partial charge is 0.0359 e. The summed E-state index contributed by atoms with van der Waals surface area (Å²) in [5, 5.41) is 0. The molecule has 1 heterocycles. The Morgan fingerprint density at radius 1 is 1.07 bits per heavy atom. The van der Waals surface area contributed by atoms with E-state index in [0.29, 0.717) is 6.54 Å². The Morgan fingerprint density at radius 3 is 2.60 bits per heavy atom. The molecule has 0 amide bonds. The normalized spacial score (nSPS) is 10.2. The first-order valence-electron chi connectivity index (χ1n) is 4.73. The largest absolute Gasteiger partial charge is 0.265 e. The summed E-state index contributed by atoms with van der Waals surface area (Å²) in [6.07, 6.45) is 3.59. The van der Waals surface area contributed by atoms with Crippen LogP contribution in [0.5, 0.6) is 0 Å². The van der Waals surface area contributed by atoms with Crippen LogP contribution in [0, 0.1) is 0 Å². The van der Waals surface area contributed by atoms with Crippen molar-refractivity contribution in [2.24, 2.45) is 0 Å². The molecule has 0 bridgehead atoms. The fourth-order valence-electron chi connectivity index (χ4n) is 1.48. The van der Waals surface area contributed by atoms with Crippen molar-refractivity contribution in [2.45, 2.75) is 6.54 Å². The molecule has 1 N–H and O–H groups in total. The molecule has 0 saturated carbocycles. The summed E-state index contributed by atoms with van der Waals surface area (Å²) >= 11 is 5.47. The van der Waals surface area contributed by atoms with E-state index in [-0.39, 0.29) is 0 Å². The van der Waals surface area contributed by atoms with E-state index in [1.807, 2.05) is 24.3 Å². The average Bonchev–Trinajstić information content (AvgIpc) is 2.31. The van der Waals surface area contributed by atoms with Crippen LogP contribution >= 0.6 is 11.8 Å². The molecule has 0 radical (unpaired) electrons. The Hall–Kier alpha value is -1.38. The first kappa shape index (κ1) is 10.1. The SMILES string of the molecule is ClNCc1cccc(-c2ccncc2)c1. The van der Waals surface area contributed by atoms with Gasteiger partial charge in [0, 0.05) is 18.9 Å². The Bertz CT molecular complexity index is 429. The van der Waals surface area contributed by atoms with Crippen molar-refractivity contribution in [1.29, 1.82) is 0 Å². The topological polar surface area (TPSA) is 24.9 Å². The number of hydrogen-bond acceptors (Lipinski definition) is 2. The van der Waals surface area contributed by atoms with Crippen LogP contribution in [-0.2, 0) is 6.54 Å². The number of halogens is 1. The Kier molecular flexibility index (Phi) is 3.33. The first-order valence-corrected chi connectivity index (χ1v) is 5.11. The van der Waals surface area contributed by atoms with Crippen molar-refractivity contribution in [3.05, 3.63) is 54.4 Å². The van der Waals surface area contributed by atoms with Crippen LogP contribution in [0.1, 0.15) is 5.56 Å². The molecule has 3 heteroatoms. The molecular formula is C12H11ClN2. The summed E-state index contributed by atoms with van der Waals surface area (Å²) in [5.74, 6) is 0. The molecular weight excluding hydrogens is 208 g/mol. The van der Waals surface area contributed by atoms with E-state index in [1.165, 1.54) is 16.7 Å². The fourth-order valence-corrected chi connectivity index (χ4v) is 1.64. The van der Waals surface area contributed by atoms with Gasteiger partial charge in [-0.3, -0.25) is 4.98 Å². The maximum absolute atomic E-state index is 5.47. The highest BCUT2D eigenvalue weighted by molar-refractivity contribution is 6.13. The molecule has 0 spiro atoms. The van der Waals surface area contributed by atoms with Gasteiger partial charge in [0.05, 0.1) is 0 Å². The highest BCUT2D eigenvalue weighted by Crippen LogP contribution is 2.19. The van der Waals surface area contributed by atoms with E-state index in [0.717, 1.165) is 0 Å². The summed E-state index contributed by atoms with van der Waals surface area (Å²) in [4.78, 5) is 6.62. The van der Waals surface area contributed by atoms with E-state index >= 15 is 0 Å². The summed E-state index contributed by atoms with van der Waals surface area (Å²) in [5.41, 5.74) is 3.52. The lowest BCUT2D eigenvalue weighted by molar-refractivity contribution is 0.964. The average molecular weight is 219 g/mol. The van der Waals surface area contributed by atoms with Gasteiger partial charge in [-0.2, -0.15) is 0 Å². The number of nitrogens with zero attached hydrogens (tertiary/aromatic N) is 1. The summed E-state index contributed by atoms with van der Waals surface area (Å²) in [6.45, 7) is 0.667. The second kappa shape index (κ2) is 4.91. The second-order valence-corrected chi connectivity index (χ2v) is 3.51. The molecule has 76 valence electrons. The lowest BCUT2D eigenvalue weighted by atomic mass is 10.0. The zero-order valence-corrected chi connectivity index (χ0v) is 8.91. The molecule has 0 aliphatic carbocycles. The lowest BCUT2D eigenvalue weighted by Gasteiger charge is -2.03. The third-order valence-electron chi connectivity index (χ3n) is 2.21. The van der Waals surface area contributed by atoms with Crippen LogP contribution in [0.25, 0.3) is 11.1 Å². The molecule has 0 aliphatic heterocycles. The van der Waals surface area contributed by atoms with Crippen LogP contribution in [0.15, 0.2) is 48.8 Å².